The number of amides is 1. The van der Waals surface area contributed by atoms with Crippen LogP contribution >= 0.6 is 0 Å². The Morgan fingerprint density at radius 3 is 2.17 bits per heavy atom. The number of ether oxygens (including phenoxy) is 2. The van der Waals surface area contributed by atoms with Crippen molar-refractivity contribution in [3.05, 3.63) is 59.7 Å². The van der Waals surface area contributed by atoms with Crippen molar-refractivity contribution in [2.24, 2.45) is 0 Å². The lowest BCUT2D eigenvalue weighted by atomic mass is 10.2. The minimum Gasteiger partial charge on any atom is -0.492 e. The summed E-state index contributed by atoms with van der Waals surface area (Å²) >= 11 is 0. The molecule has 0 atom stereocenters. The van der Waals surface area contributed by atoms with E-state index in [-0.39, 0.29) is 24.5 Å². The van der Waals surface area contributed by atoms with E-state index in [9.17, 15) is 18.0 Å². The molecule has 0 heterocycles. The minimum atomic E-state index is -4.75. The molecule has 7 heteroatoms. The van der Waals surface area contributed by atoms with Crippen LogP contribution in [0.25, 0.3) is 0 Å². The van der Waals surface area contributed by atoms with Gasteiger partial charge in [-0.1, -0.05) is 17.7 Å². The number of alkyl halides is 3. The monoisotopic (exact) mass is 339 g/mol. The maximum atomic E-state index is 12.1. The third-order valence-electron chi connectivity index (χ3n) is 3.03. The predicted octanol–water partition coefficient (Wildman–Crippen LogP) is 3.70. The first-order valence-corrected chi connectivity index (χ1v) is 7.17. The van der Waals surface area contributed by atoms with E-state index in [1.54, 1.807) is 0 Å². The molecule has 128 valence electrons. The number of rotatable bonds is 6. The summed E-state index contributed by atoms with van der Waals surface area (Å²) < 4.78 is 45.4. The summed E-state index contributed by atoms with van der Waals surface area (Å²) in [5, 5.41) is 2.62. The average Bonchev–Trinajstić information content (AvgIpc) is 2.52. The van der Waals surface area contributed by atoms with Gasteiger partial charge in [-0.25, -0.2) is 0 Å². The summed E-state index contributed by atoms with van der Waals surface area (Å²) in [4.78, 5) is 11.9. The van der Waals surface area contributed by atoms with Gasteiger partial charge in [0.1, 0.15) is 18.1 Å². The number of nitrogens with one attached hydrogen (secondary N) is 1. The van der Waals surface area contributed by atoms with Crippen LogP contribution < -0.4 is 14.8 Å². The lowest BCUT2D eigenvalue weighted by Crippen LogP contribution is -2.28. The van der Waals surface area contributed by atoms with Crippen LogP contribution in [0.4, 0.5) is 13.2 Å². The number of benzene rings is 2. The molecule has 0 aliphatic carbocycles. The van der Waals surface area contributed by atoms with Crippen molar-refractivity contribution in [3.8, 4) is 11.5 Å². The minimum absolute atomic E-state index is 0.236. The van der Waals surface area contributed by atoms with Crippen LogP contribution in [0.1, 0.15) is 15.9 Å². The highest BCUT2D eigenvalue weighted by Gasteiger charge is 2.31. The Kier molecular flexibility index (Phi) is 5.68. The zero-order valence-corrected chi connectivity index (χ0v) is 12.9. The maximum Gasteiger partial charge on any atom is 0.573 e. The zero-order chi connectivity index (χ0) is 17.6. The third kappa shape index (κ3) is 5.83. The molecule has 0 aromatic heterocycles. The van der Waals surface area contributed by atoms with Crippen LogP contribution in [0.2, 0.25) is 0 Å². The van der Waals surface area contributed by atoms with Crippen LogP contribution in [0.15, 0.2) is 48.5 Å². The molecule has 2 aromatic rings. The molecule has 1 N–H and O–H groups in total. The van der Waals surface area contributed by atoms with E-state index < -0.39 is 12.3 Å². The second kappa shape index (κ2) is 7.72. The zero-order valence-electron chi connectivity index (χ0n) is 12.9. The van der Waals surface area contributed by atoms with Gasteiger partial charge in [-0.15, -0.1) is 13.2 Å². The van der Waals surface area contributed by atoms with Crippen LogP contribution in [-0.4, -0.2) is 25.4 Å². The van der Waals surface area contributed by atoms with Crippen molar-refractivity contribution in [1.82, 2.24) is 5.32 Å². The maximum absolute atomic E-state index is 12.1. The van der Waals surface area contributed by atoms with E-state index in [1.807, 2.05) is 31.2 Å². The lowest BCUT2D eigenvalue weighted by Gasteiger charge is -2.10. The smallest absolute Gasteiger partial charge is 0.492 e. The fourth-order valence-corrected chi connectivity index (χ4v) is 1.88. The first kappa shape index (κ1) is 17.7. The van der Waals surface area contributed by atoms with Crippen molar-refractivity contribution < 1.29 is 27.4 Å². The Morgan fingerprint density at radius 1 is 1.00 bits per heavy atom. The van der Waals surface area contributed by atoms with Gasteiger partial charge >= 0.3 is 6.36 Å². The van der Waals surface area contributed by atoms with Gasteiger partial charge in [-0.05, 0) is 43.3 Å². The fraction of sp³-hybridized carbons (Fsp3) is 0.235. The lowest BCUT2D eigenvalue weighted by molar-refractivity contribution is -0.274. The molecule has 1 amide bonds. The van der Waals surface area contributed by atoms with E-state index in [0.29, 0.717) is 5.75 Å². The largest absolute Gasteiger partial charge is 0.573 e. The summed E-state index contributed by atoms with van der Waals surface area (Å²) in [6, 6.07) is 12.2. The first-order valence-electron chi connectivity index (χ1n) is 7.17. The highest BCUT2D eigenvalue weighted by Crippen LogP contribution is 2.22. The summed E-state index contributed by atoms with van der Waals surface area (Å²) in [6.45, 7) is 2.52. The first-order chi connectivity index (χ1) is 11.3. The van der Waals surface area contributed by atoms with Crippen molar-refractivity contribution in [1.29, 1.82) is 0 Å². The highest BCUT2D eigenvalue weighted by molar-refractivity contribution is 5.94. The molecule has 0 unspecified atom stereocenters. The number of hydrogen-bond acceptors (Lipinski definition) is 3. The quantitative estimate of drug-likeness (QED) is 0.817. The molecule has 0 aliphatic heterocycles. The molecule has 0 radical (unpaired) electrons. The molecular weight excluding hydrogens is 323 g/mol. The molecule has 0 saturated heterocycles. The van der Waals surface area contributed by atoms with Crippen molar-refractivity contribution in [2.45, 2.75) is 13.3 Å². The van der Waals surface area contributed by atoms with Crippen molar-refractivity contribution >= 4 is 5.91 Å². The van der Waals surface area contributed by atoms with E-state index in [0.717, 1.165) is 17.7 Å². The second-order valence-corrected chi connectivity index (χ2v) is 4.99. The SMILES string of the molecule is Cc1ccc(OCCNC(=O)c2ccc(OC(F)(F)F)cc2)cc1. The van der Waals surface area contributed by atoms with Crippen LogP contribution in [-0.2, 0) is 0 Å². The van der Waals surface area contributed by atoms with E-state index in [1.165, 1.54) is 12.1 Å². The Balaban J connectivity index is 1.77. The molecule has 4 nitrogen and oxygen atoms in total. The Hall–Kier alpha value is -2.70. The molecule has 0 aliphatic rings. The number of halogens is 3. The highest BCUT2D eigenvalue weighted by atomic mass is 19.4. The average molecular weight is 339 g/mol. The van der Waals surface area contributed by atoms with Crippen LogP contribution in [0.5, 0.6) is 11.5 Å². The molecule has 0 fully saturated rings. The van der Waals surface area contributed by atoms with Gasteiger partial charge < -0.3 is 14.8 Å². The normalized spacial score (nSPS) is 11.0. The molecule has 0 saturated carbocycles. The topological polar surface area (TPSA) is 47.6 Å². The molecule has 24 heavy (non-hydrogen) atoms. The fourth-order valence-electron chi connectivity index (χ4n) is 1.88. The van der Waals surface area contributed by atoms with Crippen LogP contribution in [0.3, 0.4) is 0 Å². The van der Waals surface area contributed by atoms with E-state index in [4.69, 9.17) is 4.74 Å². The van der Waals surface area contributed by atoms with E-state index in [2.05, 4.69) is 10.1 Å². The number of hydrogen-bond donors (Lipinski definition) is 1. The van der Waals surface area contributed by atoms with Crippen molar-refractivity contribution in [2.75, 3.05) is 13.2 Å². The molecular formula is C17H16F3NO3. The Bertz CT molecular complexity index is 667. The Morgan fingerprint density at radius 2 is 1.58 bits per heavy atom. The molecule has 0 spiro atoms. The summed E-state index contributed by atoms with van der Waals surface area (Å²) in [6.07, 6.45) is -4.75. The van der Waals surface area contributed by atoms with Gasteiger partial charge in [-0.2, -0.15) is 0 Å². The van der Waals surface area contributed by atoms with E-state index >= 15 is 0 Å². The van der Waals surface area contributed by atoms with Gasteiger partial charge in [0, 0.05) is 5.56 Å². The third-order valence-corrected chi connectivity index (χ3v) is 3.03. The molecule has 2 rings (SSSR count). The van der Waals surface area contributed by atoms with Gasteiger partial charge in [0.05, 0.1) is 6.54 Å². The van der Waals surface area contributed by atoms with Gasteiger partial charge in [0.2, 0.25) is 0 Å². The second-order valence-electron chi connectivity index (χ2n) is 4.99. The molecule has 2 aromatic carbocycles. The standard InChI is InChI=1S/C17H16F3NO3/c1-12-2-6-14(7-3-12)23-11-10-21-16(22)13-4-8-15(9-5-13)24-17(18,19)20/h2-9H,10-11H2,1H3,(H,21,22). The number of carbonyl (C=O) groups excluding carboxylic acids is 1. The Labute approximate surface area is 137 Å². The van der Waals surface area contributed by atoms with Crippen LogP contribution in [0, 0.1) is 6.92 Å². The van der Waals surface area contributed by atoms with Gasteiger partial charge in [0.25, 0.3) is 5.91 Å². The molecule has 0 bridgehead atoms. The van der Waals surface area contributed by atoms with Gasteiger partial charge in [-0.3, -0.25) is 4.79 Å². The van der Waals surface area contributed by atoms with Gasteiger partial charge in [0.15, 0.2) is 0 Å². The predicted molar refractivity (Wildman–Crippen MR) is 82.1 cm³/mol. The summed E-state index contributed by atoms with van der Waals surface area (Å²) in [7, 11) is 0. The number of carbonyl (C=O) groups is 1. The number of aryl methyl sites for hydroxylation is 1. The van der Waals surface area contributed by atoms with Crippen molar-refractivity contribution in [3.63, 3.8) is 0 Å². The summed E-state index contributed by atoms with van der Waals surface area (Å²) in [5.74, 6) is -0.0775. The summed E-state index contributed by atoms with van der Waals surface area (Å²) in [5.41, 5.74) is 1.36.